The Labute approximate surface area is 227 Å². The number of fused-ring (bicyclic) bond motifs is 1. The maximum absolute atomic E-state index is 13.3. The quantitative estimate of drug-likeness (QED) is 0.200. The van der Waals surface area contributed by atoms with Crippen LogP contribution in [0.1, 0.15) is 28.3 Å². The Morgan fingerprint density at radius 3 is 2.45 bits per heavy atom. The molecular weight excluding hydrogens is 536 g/mol. The van der Waals surface area contributed by atoms with Crippen molar-refractivity contribution < 1.29 is 68.3 Å². The monoisotopic (exact) mass is 564 g/mol. The Morgan fingerprint density at radius 2 is 1.77 bits per heavy atom. The third-order valence-corrected chi connectivity index (χ3v) is 6.49. The lowest BCUT2D eigenvalue weighted by molar-refractivity contribution is -0.278. The van der Waals surface area contributed by atoms with Crippen molar-refractivity contribution in [3.8, 4) is 28.7 Å². The standard InChI is InChI=1S/C26H28O14/c1-35-15-6-5-12(21(31)25(15)36-2)14-9-37-16-7-11(3-4-13(16)20(14)30)39-26-24(34)23(33)22(32)17(40-26)10-38-19(29)8-18(27)28/h3-7,14,17,22-24,26,31-34H,8-10H2,1-2H3,(H,27,28)/t14-,17+,22+,23-,24+,26+/m0/s1. The van der Waals surface area contributed by atoms with E-state index in [0.717, 1.165) is 0 Å². The van der Waals surface area contributed by atoms with Gasteiger partial charge < -0.3 is 54.0 Å². The van der Waals surface area contributed by atoms with Crippen LogP contribution >= 0.6 is 0 Å². The number of ketones is 1. The van der Waals surface area contributed by atoms with E-state index < -0.39 is 61.6 Å². The lowest BCUT2D eigenvalue weighted by Gasteiger charge is -2.40. The van der Waals surface area contributed by atoms with Crippen LogP contribution in [0.15, 0.2) is 30.3 Å². The van der Waals surface area contributed by atoms with E-state index in [2.05, 4.69) is 0 Å². The number of aliphatic hydroxyl groups is 3. The molecule has 1 fully saturated rings. The van der Waals surface area contributed by atoms with E-state index in [1.54, 1.807) is 12.1 Å². The second kappa shape index (κ2) is 12.0. The number of carboxylic acids is 1. The Bertz CT molecular complexity index is 1280. The minimum atomic E-state index is -1.74. The lowest BCUT2D eigenvalue weighted by Crippen LogP contribution is -2.60. The third kappa shape index (κ3) is 5.74. The molecule has 14 nitrogen and oxygen atoms in total. The second-order valence-corrected chi connectivity index (χ2v) is 9.01. The number of esters is 1. The summed E-state index contributed by atoms with van der Waals surface area (Å²) < 4.78 is 32.0. The van der Waals surface area contributed by atoms with E-state index in [-0.39, 0.29) is 46.5 Å². The summed E-state index contributed by atoms with van der Waals surface area (Å²) in [6, 6.07) is 7.29. The normalized spacial score (nSPS) is 25.8. The molecule has 2 aliphatic heterocycles. The number of Topliss-reactive ketones (excluding diaryl/α,β-unsaturated/α-hetero) is 1. The number of carbonyl (C=O) groups is 3. The van der Waals surface area contributed by atoms with Gasteiger partial charge in [0.25, 0.3) is 0 Å². The first-order valence-electron chi connectivity index (χ1n) is 12.0. The van der Waals surface area contributed by atoms with Gasteiger partial charge in [-0.25, -0.2) is 0 Å². The van der Waals surface area contributed by atoms with Crippen molar-refractivity contribution in [2.24, 2.45) is 0 Å². The van der Waals surface area contributed by atoms with Gasteiger partial charge in [0.15, 0.2) is 17.3 Å². The Balaban J connectivity index is 1.48. The fraction of sp³-hybridized carbons (Fsp3) is 0.423. The van der Waals surface area contributed by atoms with Gasteiger partial charge in [0, 0.05) is 11.6 Å². The summed E-state index contributed by atoms with van der Waals surface area (Å²) in [7, 11) is 2.78. The molecule has 6 atom stereocenters. The van der Waals surface area contributed by atoms with Gasteiger partial charge in [0.05, 0.1) is 25.7 Å². The number of methoxy groups -OCH3 is 2. The van der Waals surface area contributed by atoms with Gasteiger partial charge in [-0.2, -0.15) is 0 Å². The Hall–Kier alpha value is -4.11. The number of aromatic hydroxyl groups is 1. The summed E-state index contributed by atoms with van der Waals surface area (Å²) in [5.74, 6) is -3.33. The van der Waals surface area contributed by atoms with Crippen LogP contribution in [0.3, 0.4) is 0 Å². The molecule has 5 N–H and O–H groups in total. The summed E-state index contributed by atoms with van der Waals surface area (Å²) in [4.78, 5) is 35.4. The fourth-order valence-corrected chi connectivity index (χ4v) is 4.41. The molecule has 0 aromatic heterocycles. The number of aliphatic carboxylic acids is 1. The average Bonchev–Trinajstić information content (AvgIpc) is 2.92. The van der Waals surface area contributed by atoms with Gasteiger partial charge in [-0.3, -0.25) is 14.4 Å². The van der Waals surface area contributed by atoms with Crippen molar-refractivity contribution in [1.82, 2.24) is 0 Å². The van der Waals surface area contributed by atoms with Crippen molar-refractivity contribution in [3.05, 3.63) is 41.5 Å². The molecule has 2 heterocycles. The molecule has 0 unspecified atom stereocenters. The van der Waals surface area contributed by atoms with E-state index in [9.17, 15) is 34.8 Å². The van der Waals surface area contributed by atoms with Crippen LogP contribution in [0.5, 0.6) is 28.7 Å². The summed E-state index contributed by atoms with van der Waals surface area (Å²) in [5.41, 5.74) is 0.483. The first-order chi connectivity index (χ1) is 19.0. The number of aliphatic hydroxyl groups excluding tert-OH is 3. The molecule has 0 bridgehead atoms. The van der Waals surface area contributed by atoms with E-state index in [4.69, 9.17) is 33.5 Å². The minimum absolute atomic E-state index is 0.0771. The molecule has 0 aliphatic carbocycles. The molecule has 40 heavy (non-hydrogen) atoms. The minimum Gasteiger partial charge on any atom is -0.504 e. The fourth-order valence-electron chi connectivity index (χ4n) is 4.41. The molecule has 0 spiro atoms. The molecule has 1 saturated heterocycles. The highest BCUT2D eigenvalue weighted by Gasteiger charge is 2.45. The predicted molar refractivity (Wildman–Crippen MR) is 131 cm³/mol. The number of phenolic OH excluding ortho intramolecular Hbond substituents is 1. The van der Waals surface area contributed by atoms with E-state index in [1.807, 2.05) is 0 Å². The van der Waals surface area contributed by atoms with Crippen molar-refractivity contribution in [2.75, 3.05) is 27.4 Å². The van der Waals surface area contributed by atoms with Gasteiger partial charge in [0.1, 0.15) is 55.5 Å². The van der Waals surface area contributed by atoms with E-state index >= 15 is 0 Å². The molecule has 2 aromatic carbocycles. The van der Waals surface area contributed by atoms with Gasteiger partial charge >= 0.3 is 11.9 Å². The molecular formula is C26H28O14. The first-order valence-corrected chi connectivity index (χ1v) is 12.0. The Morgan fingerprint density at radius 1 is 1.02 bits per heavy atom. The number of benzene rings is 2. The zero-order chi connectivity index (χ0) is 29.1. The predicted octanol–water partition coefficient (Wildman–Crippen LogP) is -0.0274. The zero-order valence-electron chi connectivity index (χ0n) is 21.4. The van der Waals surface area contributed by atoms with Gasteiger partial charge in [-0.1, -0.05) is 6.07 Å². The molecule has 0 radical (unpaired) electrons. The number of hydrogen-bond acceptors (Lipinski definition) is 13. The number of rotatable bonds is 9. The van der Waals surface area contributed by atoms with Crippen LogP contribution in [0.4, 0.5) is 0 Å². The topological polar surface area (TPSA) is 208 Å². The molecule has 0 amide bonds. The van der Waals surface area contributed by atoms with Gasteiger partial charge in [0.2, 0.25) is 12.0 Å². The van der Waals surface area contributed by atoms with Crippen molar-refractivity contribution in [3.63, 3.8) is 0 Å². The van der Waals surface area contributed by atoms with Crippen LogP contribution in [-0.4, -0.2) is 101 Å². The number of carboxylic acid groups (broad SMARTS) is 1. The Kier molecular flexibility index (Phi) is 8.64. The summed E-state index contributed by atoms with van der Waals surface area (Å²) >= 11 is 0. The van der Waals surface area contributed by atoms with Crippen LogP contribution in [0, 0.1) is 0 Å². The maximum atomic E-state index is 13.3. The molecule has 0 saturated carbocycles. The smallest absolute Gasteiger partial charge is 0.317 e. The van der Waals surface area contributed by atoms with Gasteiger partial charge in [-0.05, 0) is 18.2 Å². The lowest BCUT2D eigenvalue weighted by atomic mass is 9.88. The largest absolute Gasteiger partial charge is 0.504 e. The summed E-state index contributed by atoms with van der Waals surface area (Å²) in [6.07, 6.45) is -8.90. The number of hydrogen-bond donors (Lipinski definition) is 5. The summed E-state index contributed by atoms with van der Waals surface area (Å²) in [5, 5.41) is 50.1. The second-order valence-electron chi connectivity index (χ2n) is 9.01. The van der Waals surface area contributed by atoms with Crippen LogP contribution < -0.4 is 18.9 Å². The van der Waals surface area contributed by atoms with Crippen LogP contribution in [0.25, 0.3) is 0 Å². The molecule has 2 aliphatic rings. The van der Waals surface area contributed by atoms with Crippen LogP contribution in [0.2, 0.25) is 0 Å². The molecule has 216 valence electrons. The SMILES string of the molecule is COc1ccc([C@@H]2COc3cc(O[C@@H]4O[C@H](COC(=O)CC(=O)O)[C@@H](O)[C@H](O)[C@H]4O)ccc3C2=O)c(O)c1OC. The van der Waals surface area contributed by atoms with Crippen molar-refractivity contribution in [1.29, 1.82) is 0 Å². The van der Waals surface area contributed by atoms with Gasteiger partial charge in [-0.15, -0.1) is 0 Å². The molecule has 2 aromatic rings. The highest BCUT2D eigenvalue weighted by Crippen LogP contribution is 2.44. The number of carbonyl (C=O) groups excluding carboxylic acids is 2. The molecule has 14 heteroatoms. The highest BCUT2D eigenvalue weighted by atomic mass is 16.7. The highest BCUT2D eigenvalue weighted by molar-refractivity contribution is 6.04. The van der Waals surface area contributed by atoms with Crippen LogP contribution in [-0.2, 0) is 19.1 Å². The number of phenols is 1. The van der Waals surface area contributed by atoms with E-state index in [0.29, 0.717) is 5.75 Å². The third-order valence-electron chi connectivity index (χ3n) is 6.49. The average molecular weight is 564 g/mol. The summed E-state index contributed by atoms with van der Waals surface area (Å²) in [6.45, 7) is -0.724. The van der Waals surface area contributed by atoms with Crippen molar-refractivity contribution >= 4 is 17.7 Å². The zero-order valence-corrected chi connectivity index (χ0v) is 21.4. The first kappa shape index (κ1) is 28.9. The maximum Gasteiger partial charge on any atom is 0.317 e. The van der Waals surface area contributed by atoms with E-state index in [1.165, 1.54) is 32.4 Å². The molecule has 4 rings (SSSR count). The van der Waals surface area contributed by atoms with Crippen molar-refractivity contribution in [2.45, 2.75) is 43.0 Å². The number of ether oxygens (including phenoxy) is 6.